The van der Waals surface area contributed by atoms with Crippen molar-refractivity contribution in [2.45, 2.75) is 13.2 Å². The lowest BCUT2D eigenvalue weighted by atomic mass is 9.98. The highest BCUT2D eigenvalue weighted by Gasteiger charge is 2.22. The van der Waals surface area contributed by atoms with Gasteiger partial charge in [-0.25, -0.2) is 9.67 Å². The van der Waals surface area contributed by atoms with Crippen LogP contribution in [0.4, 0.5) is 8.78 Å². The number of halogens is 2. The minimum Gasteiger partial charge on any atom is -0.417 e. The second-order valence-electron chi connectivity index (χ2n) is 6.22. The first-order valence-corrected chi connectivity index (χ1v) is 8.76. The van der Waals surface area contributed by atoms with Gasteiger partial charge in [0.2, 0.25) is 5.88 Å². The summed E-state index contributed by atoms with van der Waals surface area (Å²) in [6.07, 6.45) is 3.05. The van der Waals surface area contributed by atoms with Gasteiger partial charge in [-0.1, -0.05) is 30.3 Å². The number of pyridine rings is 1. The van der Waals surface area contributed by atoms with Crippen LogP contribution in [0, 0.1) is 5.92 Å². The van der Waals surface area contributed by atoms with E-state index in [0.717, 1.165) is 11.3 Å². The van der Waals surface area contributed by atoms with Crippen molar-refractivity contribution in [1.29, 1.82) is 0 Å². The fourth-order valence-electron chi connectivity index (χ4n) is 2.95. The molecule has 1 aliphatic rings. The van der Waals surface area contributed by atoms with Crippen molar-refractivity contribution in [3.63, 3.8) is 0 Å². The lowest BCUT2D eigenvalue weighted by Gasteiger charge is -2.13. The summed E-state index contributed by atoms with van der Waals surface area (Å²) in [5.74, 6) is -0.388. The summed E-state index contributed by atoms with van der Waals surface area (Å²) in [7, 11) is 0. The molecule has 3 aromatic rings. The SMILES string of the molecule is O=c1ccc(-c2ccc(OC(F)F)nc2)nn1CC1C=NN=C1c1ccccc1. The van der Waals surface area contributed by atoms with Gasteiger partial charge < -0.3 is 4.74 Å². The molecule has 1 aliphatic heterocycles. The molecule has 1 aromatic carbocycles. The van der Waals surface area contributed by atoms with Crippen LogP contribution < -0.4 is 10.3 Å². The third-order valence-corrected chi connectivity index (χ3v) is 4.31. The van der Waals surface area contributed by atoms with Crippen molar-refractivity contribution in [3.05, 3.63) is 76.7 Å². The molecule has 1 unspecified atom stereocenters. The van der Waals surface area contributed by atoms with Gasteiger partial charge >= 0.3 is 6.61 Å². The molecule has 29 heavy (non-hydrogen) atoms. The smallest absolute Gasteiger partial charge is 0.388 e. The summed E-state index contributed by atoms with van der Waals surface area (Å²) < 4.78 is 30.1. The Morgan fingerprint density at radius 1 is 1.03 bits per heavy atom. The van der Waals surface area contributed by atoms with E-state index in [1.54, 1.807) is 18.3 Å². The molecule has 0 aliphatic carbocycles. The first-order chi connectivity index (χ1) is 14.1. The van der Waals surface area contributed by atoms with Gasteiger partial charge in [-0.15, -0.1) is 0 Å². The number of hydrogen-bond acceptors (Lipinski definition) is 6. The first-order valence-electron chi connectivity index (χ1n) is 8.76. The molecule has 0 fully saturated rings. The highest BCUT2D eigenvalue weighted by molar-refractivity contribution is 6.11. The molecule has 9 heteroatoms. The maximum atomic E-state index is 12.3. The molecule has 2 aromatic heterocycles. The Morgan fingerprint density at radius 3 is 2.59 bits per heavy atom. The van der Waals surface area contributed by atoms with Gasteiger partial charge in [0, 0.05) is 30.1 Å². The van der Waals surface area contributed by atoms with E-state index < -0.39 is 6.61 Å². The fraction of sp³-hybridized carbons (Fsp3) is 0.150. The second-order valence-corrected chi connectivity index (χ2v) is 6.22. The highest BCUT2D eigenvalue weighted by atomic mass is 19.3. The lowest BCUT2D eigenvalue weighted by molar-refractivity contribution is -0.0528. The number of benzene rings is 1. The van der Waals surface area contributed by atoms with Gasteiger partial charge in [0.25, 0.3) is 5.56 Å². The zero-order chi connectivity index (χ0) is 20.2. The van der Waals surface area contributed by atoms with Crippen LogP contribution in [-0.2, 0) is 6.54 Å². The number of ether oxygens (including phenoxy) is 1. The normalized spacial score (nSPS) is 15.6. The summed E-state index contributed by atoms with van der Waals surface area (Å²) in [6.45, 7) is -2.67. The van der Waals surface area contributed by atoms with Crippen LogP contribution in [0.1, 0.15) is 5.56 Å². The van der Waals surface area contributed by atoms with Crippen molar-refractivity contribution in [1.82, 2.24) is 14.8 Å². The van der Waals surface area contributed by atoms with Crippen LogP contribution in [-0.4, -0.2) is 33.3 Å². The van der Waals surface area contributed by atoms with Crippen LogP contribution in [0.15, 0.2) is 75.8 Å². The molecule has 7 nitrogen and oxygen atoms in total. The Labute approximate surface area is 164 Å². The van der Waals surface area contributed by atoms with Gasteiger partial charge in [0.15, 0.2) is 0 Å². The molecule has 0 N–H and O–H groups in total. The van der Waals surface area contributed by atoms with Gasteiger partial charge in [-0.05, 0) is 17.7 Å². The Bertz CT molecular complexity index is 1110. The minimum absolute atomic E-state index is 0.192. The monoisotopic (exact) mass is 395 g/mol. The summed E-state index contributed by atoms with van der Waals surface area (Å²) in [5, 5.41) is 12.6. The molecule has 1 atom stereocenters. The molecule has 3 heterocycles. The third kappa shape index (κ3) is 4.23. The average Bonchev–Trinajstić information content (AvgIpc) is 3.19. The molecule has 4 rings (SSSR count). The van der Waals surface area contributed by atoms with Crippen molar-refractivity contribution in [2.24, 2.45) is 16.1 Å². The van der Waals surface area contributed by atoms with E-state index in [1.165, 1.54) is 23.0 Å². The van der Waals surface area contributed by atoms with Crippen LogP contribution in [0.5, 0.6) is 5.88 Å². The van der Waals surface area contributed by atoms with Gasteiger partial charge in [-0.3, -0.25) is 4.79 Å². The minimum atomic E-state index is -2.94. The summed E-state index contributed by atoms with van der Waals surface area (Å²) in [6, 6.07) is 15.4. The molecule has 0 spiro atoms. The predicted molar refractivity (Wildman–Crippen MR) is 103 cm³/mol. The molecular formula is C20H15F2N5O2. The van der Waals surface area contributed by atoms with Crippen LogP contribution in [0.25, 0.3) is 11.3 Å². The average molecular weight is 395 g/mol. The number of hydrogen-bond donors (Lipinski definition) is 0. The van der Waals surface area contributed by atoms with Crippen molar-refractivity contribution >= 4 is 11.9 Å². The van der Waals surface area contributed by atoms with E-state index >= 15 is 0 Å². The summed E-state index contributed by atoms with van der Waals surface area (Å²) in [4.78, 5) is 16.1. The van der Waals surface area contributed by atoms with Crippen LogP contribution in [0.2, 0.25) is 0 Å². The van der Waals surface area contributed by atoms with Crippen molar-refractivity contribution < 1.29 is 13.5 Å². The first kappa shape index (κ1) is 18.6. The van der Waals surface area contributed by atoms with E-state index in [9.17, 15) is 13.6 Å². The quantitative estimate of drug-likeness (QED) is 0.643. The summed E-state index contributed by atoms with van der Waals surface area (Å²) >= 11 is 0. The van der Waals surface area contributed by atoms with Gasteiger partial charge in [0.05, 0.1) is 23.9 Å². The van der Waals surface area contributed by atoms with E-state index in [-0.39, 0.29) is 23.9 Å². The van der Waals surface area contributed by atoms with Crippen molar-refractivity contribution in [3.8, 4) is 17.1 Å². The number of nitrogens with zero attached hydrogens (tertiary/aromatic N) is 5. The molecule has 0 bridgehead atoms. The zero-order valence-electron chi connectivity index (χ0n) is 15.0. The lowest BCUT2D eigenvalue weighted by Crippen LogP contribution is -2.29. The van der Waals surface area contributed by atoms with Crippen molar-refractivity contribution in [2.75, 3.05) is 0 Å². The Hall–Kier alpha value is -3.75. The molecule has 0 saturated carbocycles. The Balaban J connectivity index is 1.57. The second kappa shape index (κ2) is 8.09. The molecule has 0 saturated heterocycles. The fourth-order valence-corrected chi connectivity index (χ4v) is 2.95. The third-order valence-electron chi connectivity index (χ3n) is 4.31. The number of alkyl halides is 2. The molecule has 0 radical (unpaired) electrons. The predicted octanol–water partition coefficient (Wildman–Crippen LogP) is 3.01. The maximum Gasteiger partial charge on any atom is 0.388 e. The number of aromatic nitrogens is 3. The standard InChI is InChI=1S/C20H15F2N5O2/c21-20(22)29-17-8-6-14(10-23-17)16-7-9-18(28)27(26-16)12-15-11-24-25-19(15)13-4-2-1-3-5-13/h1-11,15,20H,12H2. The largest absolute Gasteiger partial charge is 0.417 e. The van der Waals surface area contributed by atoms with E-state index in [1.807, 2.05) is 30.3 Å². The number of rotatable bonds is 6. The Kier molecular flexibility index (Phi) is 5.19. The van der Waals surface area contributed by atoms with Crippen LogP contribution >= 0.6 is 0 Å². The topological polar surface area (TPSA) is 81.7 Å². The van der Waals surface area contributed by atoms with E-state index in [0.29, 0.717) is 11.3 Å². The van der Waals surface area contributed by atoms with E-state index in [2.05, 4.69) is 25.0 Å². The summed E-state index contributed by atoms with van der Waals surface area (Å²) in [5.41, 5.74) is 2.47. The van der Waals surface area contributed by atoms with Gasteiger partial charge in [0.1, 0.15) is 0 Å². The molecule has 0 amide bonds. The Morgan fingerprint density at radius 2 is 1.86 bits per heavy atom. The zero-order valence-corrected chi connectivity index (χ0v) is 15.0. The molecule has 146 valence electrons. The van der Waals surface area contributed by atoms with E-state index in [4.69, 9.17) is 0 Å². The highest BCUT2D eigenvalue weighted by Crippen LogP contribution is 2.19. The van der Waals surface area contributed by atoms with Crippen LogP contribution in [0.3, 0.4) is 0 Å². The van der Waals surface area contributed by atoms with Gasteiger partial charge in [-0.2, -0.15) is 24.1 Å². The molecular weight excluding hydrogens is 380 g/mol. The maximum absolute atomic E-state index is 12.3.